The van der Waals surface area contributed by atoms with Gasteiger partial charge in [0, 0.05) is 37.8 Å². The molecular weight excluding hydrogens is 416 g/mol. The predicted octanol–water partition coefficient (Wildman–Crippen LogP) is 2.26. The van der Waals surface area contributed by atoms with E-state index < -0.39 is 29.3 Å². The van der Waals surface area contributed by atoms with Crippen LogP contribution in [0.15, 0.2) is 48.5 Å². The number of nitro groups is 1. The molecule has 0 atom stereocenters. The van der Waals surface area contributed by atoms with Crippen molar-refractivity contribution in [3.63, 3.8) is 0 Å². The van der Waals surface area contributed by atoms with E-state index in [1.165, 1.54) is 23.1 Å². The Kier molecular flexibility index (Phi) is 7.37. The standard InChI is InChI=1S/C22H24N4O6/c23-20(27)10-13-25(17-6-2-1-3-7-17)21(28)15-32-22(29)16-8-9-18(19(14-16)26(30)31)24-11-4-5-12-24/h1-3,6-9,14H,4-5,10-13,15H2,(H2,23,27). The van der Waals surface area contributed by atoms with Crippen LogP contribution in [-0.2, 0) is 14.3 Å². The summed E-state index contributed by atoms with van der Waals surface area (Å²) in [6.45, 7) is 0.888. The van der Waals surface area contributed by atoms with Crippen LogP contribution >= 0.6 is 0 Å². The zero-order chi connectivity index (χ0) is 23.1. The third-order valence-electron chi connectivity index (χ3n) is 5.13. The van der Waals surface area contributed by atoms with Gasteiger partial charge in [0.1, 0.15) is 5.69 Å². The Morgan fingerprint density at radius 3 is 2.41 bits per heavy atom. The van der Waals surface area contributed by atoms with Gasteiger partial charge in [0.05, 0.1) is 10.5 Å². The lowest BCUT2D eigenvalue weighted by atomic mass is 10.1. The lowest BCUT2D eigenvalue weighted by Gasteiger charge is -2.22. The normalized spacial score (nSPS) is 12.9. The zero-order valence-electron chi connectivity index (χ0n) is 17.4. The highest BCUT2D eigenvalue weighted by atomic mass is 16.6. The van der Waals surface area contributed by atoms with Crippen molar-refractivity contribution in [2.24, 2.45) is 5.73 Å². The van der Waals surface area contributed by atoms with Gasteiger partial charge in [-0.25, -0.2) is 4.79 Å². The number of nitro benzene ring substituents is 1. The number of esters is 1. The number of ether oxygens (including phenoxy) is 1. The fourth-order valence-electron chi connectivity index (χ4n) is 3.54. The molecule has 168 valence electrons. The van der Waals surface area contributed by atoms with Gasteiger partial charge in [-0.2, -0.15) is 0 Å². The Morgan fingerprint density at radius 1 is 1.09 bits per heavy atom. The van der Waals surface area contributed by atoms with E-state index in [1.807, 2.05) is 4.90 Å². The number of hydrogen-bond donors (Lipinski definition) is 1. The highest BCUT2D eigenvalue weighted by Gasteiger charge is 2.25. The second-order valence-electron chi connectivity index (χ2n) is 7.33. The van der Waals surface area contributed by atoms with Crippen LogP contribution in [0.25, 0.3) is 0 Å². The summed E-state index contributed by atoms with van der Waals surface area (Å²) in [7, 11) is 0. The maximum Gasteiger partial charge on any atom is 0.338 e. The average molecular weight is 440 g/mol. The number of anilines is 2. The number of para-hydroxylation sites is 1. The predicted molar refractivity (Wildman–Crippen MR) is 117 cm³/mol. The van der Waals surface area contributed by atoms with Crippen LogP contribution in [0.3, 0.4) is 0 Å². The topological polar surface area (TPSA) is 136 Å². The van der Waals surface area contributed by atoms with Crippen molar-refractivity contribution in [1.82, 2.24) is 0 Å². The van der Waals surface area contributed by atoms with Gasteiger partial charge in [-0.15, -0.1) is 0 Å². The smallest absolute Gasteiger partial charge is 0.338 e. The number of nitrogens with zero attached hydrogens (tertiary/aromatic N) is 3. The molecule has 1 fully saturated rings. The van der Waals surface area contributed by atoms with Gasteiger partial charge in [-0.3, -0.25) is 19.7 Å². The number of carbonyl (C=O) groups excluding carboxylic acids is 3. The Balaban J connectivity index is 1.70. The molecule has 1 aliphatic heterocycles. The quantitative estimate of drug-likeness (QED) is 0.359. The van der Waals surface area contributed by atoms with Crippen molar-refractivity contribution in [2.45, 2.75) is 19.3 Å². The number of nitrogens with two attached hydrogens (primary N) is 1. The first kappa shape index (κ1) is 22.7. The van der Waals surface area contributed by atoms with E-state index in [1.54, 1.807) is 30.3 Å². The Bertz CT molecular complexity index is 1000. The van der Waals surface area contributed by atoms with Crippen LogP contribution in [0.5, 0.6) is 0 Å². The molecule has 2 N–H and O–H groups in total. The molecule has 0 unspecified atom stereocenters. The number of primary amides is 1. The molecule has 0 aliphatic carbocycles. The number of benzene rings is 2. The molecular formula is C22H24N4O6. The molecule has 1 aliphatic rings. The van der Waals surface area contributed by atoms with Crippen LogP contribution in [0.1, 0.15) is 29.6 Å². The van der Waals surface area contributed by atoms with Gasteiger partial charge in [-0.1, -0.05) is 18.2 Å². The van der Waals surface area contributed by atoms with E-state index in [-0.39, 0.29) is 24.2 Å². The highest BCUT2D eigenvalue weighted by molar-refractivity contribution is 5.98. The summed E-state index contributed by atoms with van der Waals surface area (Å²) in [4.78, 5) is 50.5. The largest absolute Gasteiger partial charge is 0.452 e. The van der Waals surface area contributed by atoms with Gasteiger partial charge in [0.15, 0.2) is 6.61 Å². The third-order valence-corrected chi connectivity index (χ3v) is 5.13. The fraction of sp³-hybridized carbons (Fsp3) is 0.318. The van der Waals surface area contributed by atoms with Crippen molar-refractivity contribution in [3.8, 4) is 0 Å². The molecule has 0 bridgehead atoms. The summed E-state index contributed by atoms with van der Waals surface area (Å²) < 4.78 is 5.12. The highest BCUT2D eigenvalue weighted by Crippen LogP contribution is 2.31. The van der Waals surface area contributed by atoms with Gasteiger partial charge in [0.25, 0.3) is 11.6 Å². The van der Waals surface area contributed by atoms with Crippen molar-refractivity contribution >= 4 is 34.8 Å². The van der Waals surface area contributed by atoms with Gasteiger partial charge in [0.2, 0.25) is 5.91 Å². The maximum absolute atomic E-state index is 12.7. The molecule has 10 nitrogen and oxygen atoms in total. The van der Waals surface area contributed by atoms with Crippen LogP contribution in [0.2, 0.25) is 0 Å². The van der Waals surface area contributed by atoms with E-state index in [2.05, 4.69) is 0 Å². The molecule has 2 amide bonds. The summed E-state index contributed by atoms with van der Waals surface area (Å²) in [6.07, 6.45) is 1.85. The van der Waals surface area contributed by atoms with Gasteiger partial charge in [-0.05, 0) is 37.1 Å². The number of amides is 2. The maximum atomic E-state index is 12.7. The molecule has 3 rings (SSSR count). The second-order valence-corrected chi connectivity index (χ2v) is 7.33. The molecule has 10 heteroatoms. The van der Waals surface area contributed by atoms with Crippen LogP contribution < -0.4 is 15.5 Å². The van der Waals surface area contributed by atoms with E-state index in [4.69, 9.17) is 10.5 Å². The molecule has 32 heavy (non-hydrogen) atoms. The van der Waals surface area contributed by atoms with Crippen molar-refractivity contribution in [3.05, 3.63) is 64.2 Å². The number of hydrogen-bond acceptors (Lipinski definition) is 7. The summed E-state index contributed by atoms with van der Waals surface area (Å²) in [5.41, 5.74) is 5.98. The zero-order valence-corrected chi connectivity index (χ0v) is 17.4. The van der Waals surface area contributed by atoms with E-state index in [9.17, 15) is 24.5 Å². The molecule has 1 heterocycles. The summed E-state index contributed by atoms with van der Waals surface area (Å²) in [5, 5.41) is 11.5. The Labute approximate surface area is 184 Å². The third kappa shape index (κ3) is 5.60. The molecule has 1 saturated heterocycles. The van der Waals surface area contributed by atoms with Gasteiger partial charge >= 0.3 is 5.97 Å². The molecule has 0 saturated carbocycles. The molecule has 0 spiro atoms. The van der Waals surface area contributed by atoms with Crippen molar-refractivity contribution < 1.29 is 24.0 Å². The average Bonchev–Trinajstić information content (AvgIpc) is 3.32. The summed E-state index contributed by atoms with van der Waals surface area (Å²) >= 11 is 0. The lowest BCUT2D eigenvalue weighted by Crippen LogP contribution is -2.37. The monoisotopic (exact) mass is 440 g/mol. The summed E-state index contributed by atoms with van der Waals surface area (Å²) in [5.74, 6) is -1.97. The second kappa shape index (κ2) is 10.4. The number of rotatable bonds is 9. The fourth-order valence-corrected chi connectivity index (χ4v) is 3.54. The van der Waals surface area contributed by atoms with Crippen LogP contribution in [-0.4, -0.2) is 48.9 Å². The Morgan fingerprint density at radius 2 is 1.78 bits per heavy atom. The molecule has 2 aromatic carbocycles. The first-order valence-electron chi connectivity index (χ1n) is 10.2. The molecule has 0 radical (unpaired) electrons. The molecule has 2 aromatic rings. The van der Waals surface area contributed by atoms with Gasteiger partial charge < -0.3 is 20.3 Å². The Hall–Kier alpha value is -3.95. The van der Waals surface area contributed by atoms with E-state index in [0.29, 0.717) is 11.4 Å². The lowest BCUT2D eigenvalue weighted by molar-refractivity contribution is -0.384. The minimum atomic E-state index is -0.850. The number of carbonyl (C=O) groups is 3. The van der Waals surface area contributed by atoms with E-state index >= 15 is 0 Å². The van der Waals surface area contributed by atoms with Crippen LogP contribution in [0, 0.1) is 10.1 Å². The first-order chi connectivity index (χ1) is 15.4. The first-order valence-corrected chi connectivity index (χ1v) is 10.2. The van der Waals surface area contributed by atoms with Crippen molar-refractivity contribution in [2.75, 3.05) is 36.0 Å². The minimum Gasteiger partial charge on any atom is -0.452 e. The van der Waals surface area contributed by atoms with E-state index in [0.717, 1.165) is 25.9 Å². The van der Waals surface area contributed by atoms with Crippen LogP contribution in [0.4, 0.5) is 17.1 Å². The molecule has 0 aromatic heterocycles. The van der Waals surface area contributed by atoms with Crippen molar-refractivity contribution in [1.29, 1.82) is 0 Å². The SMILES string of the molecule is NC(=O)CCN(C(=O)COC(=O)c1ccc(N2CCCC2)c([N+](=O)[O-])c1)c1ccccc1. The summed E-state index contributed by atoms with van der Waals surface area (Å²) in [6, 6.07) is 12.8. The minimum absolute atomic E-state index is 0.0177.